The summed E-state index contributed by atoms with van der Waals surface area (Å²) in [6.45, 7) is 1.64. The van der Waals surface area contributed by atoms with E-state index >= 15 is 0 Å². The normalized spacial score (nSPS) is 14.1. The van der Waals surface area contributed by atoms with Gasteiger partial charge in [0.2, 0.25) is 0 Å². The highest BCUT2D eigenvalue weighted by molar-refractivity contribution is 5.97. The lowest BCUT2D eigenvalue weighted by molar-refractivity contribution is 0.0952. The number of nitrogens with zero attached hydrogens (tertiary/aromatic N) is 4. The van der Waals surface area contributed by atoms with Crippen LogP contribution in [0.2, 0.25) is 0 Å². The molecule has 0 atom stereocenters. The van der Waals surface area contributed by atoms with Crippen LogP contribution in [0, 0.1) is 0 Å². The Bertz CT molecular complexity index is 1120. The molecule has 3 heterocycles. The number of pyridine rings is 1. The number of rotatable bonds is 4. The van der Waals surface area contributed by atoms with Gasteiger partial charge < -0.3 is 10.0 Å². The highest BCUT2D eigenvalue weighted by atomic mass is 16.3. The van der Waals surface area contributed by atoms with Crippen LogP contribution in [0.1, 0.15) is 28.8 Å². The number of hydrogen-bond donors (Lipinski definition) is 2. The molecule has 0 saturated carbocycles. The van der Waals surface area contributed by atoms with Crippen molar-refractivity contribution in [3.05, 3.63) is 70.1 Å². The average Bonchev–Trinajstić information content (AvgIpc) is 3.24. The Morgan fingerprint density at radius 2 is 1.89 bits per heavy atom. The predicted octanol–water partition coefficient (Wildman–Crippen LogP) is 1.76. The summed E-state index contributed by atoms with van der Waals surface area (Å²) < 4.78 is 1.45. The first-order valence-electron chi connectivity index (χ1n) is 9.03. The van der Waals surface area contributed by atoms with Gasteiger partial charge in [-0.1, -0.05) is 18.2 Å². The van der Waals surface area contributed by atoms with Gasteiger partial charge in [0.1, 0.15) is 22.8 Å². The third-order valence-electron chi connectivity index (χ3n) is 4.66. The van der Waals surface area contributed by atoms with Gasteiger partial charge in [-0.3, -0.25) is 14.0 Å². The zero-order valence-corrected chi connectivity index (χ0v) is 15.1. The smallest absolute Gasteiger partial charge is 0.275 e. The quantitative estimate of drug-likeness (QED) is 0.533. The fraction of sp³-hybridized carbons (Fsp3) is 0.200. The first-order chi connectivity index (χ1) is 13.6. The molecule has 1 aliphatic rings. The third kappa shape index (κ3) is 3.32. The van der Waals surface area contributed by atoms with Gasteiger partial charge in [-0.2, -0.15) is 5.10 Å². The Kier molecular flexibility index (Phi) is 4.76. The molecule has 2 N–H and O–H groups in total. The second-order valence-corrected chi connectivity index (χ2v) is 6.49. The van der Waals surface area contributed by atoms with E-state index in [4.69, 9.17) is 0 Å². The van der Waals surface area contributed by atoms with Gasteiger partial charge in [0.05, 0.1) is 11.8 Å². The highest BCUT2D eigenvalue weighted by Crippen LogP contribution is 2.20. The number of benzene rings is 1. The van der Waals surface area contributed by atoms with Crippen molar-refractivity contribution in [2.24, 2.45) is 5.10 Å². The van der Waals surface area contributed by atoms with Crippen molar-refractivity contribution in [1.29, 1.82) is 0 Å². The molecule has 1 aromatic carbocycles. The number of phenolic OH excluding ortho intramolecular Hbond substituents is 1. The maximum absolute atomic E-state index is 13.0. The SMILES string of the molecule is O=C(NN=Cc1c(N2CCCC2)nc2ccccn2c1=O)c1ccccc1O. The number of hydrazone groups is 1. The zero-order chi connectivity index (χ0) is 19.5. The Labute approximate surface area is 160 Å². The van der Waals surface area contributed by atoms with Crippen molar-refractivity contribution in [2.45, 2.75) is 12.8 Å². The molecule has 8 heteroatoms. The summed E-state index contributed by atoms with van der Waals surface area (Å²) in [6.07, 6.45) is 5.05. The van der Waals surface area contributed by atoms with Crippen molar-refractivity contribution in [1.82, 2.24) is 14.8 Å². The molecule has 0 aliphatic carbocycles. The van der Waals surface area contributed by atoms with Crippen molar-refractivity contribution < 1.29 is 9.90 Å². The molecular weight excluding hydrogens is 358 g/mol. The minimum absolute atomic E-state index is 0.104. The van der Waals surface area contributed by atoms with Crippen LogP contribution in [0.25, 0.3) is 5.65 Å². The van der Waals surface area contributed by atoms with E-state index in [0.717, 1.165) is 25.9 Å². The Balaban J connectivity index is 1.69. The largest absolute Gasteiger partial charge is 0.507 e. The Hall–Kier alpha value is -3.68. The standard InChI is InChI=1S/C20H19N5O3/c26-16-8-2-1-7-14(16)19(27)23-21-13-15-18(24-10-5-6-11-24)22-17-9-3-4-12-25(17)20(15)28/h1-4,7-9,12-13,26H,5-6,10-11H2,(H,23,27). The lowest BCUT2D eigenvalue weighted by Gasteiger charge is -2.18. The molecule has 2 aromatic heterocycles. The second-order valence-electron chi connectivity index (χ2n) is 6.49. The van der Waals surface area contributed by atoms with Crippen LogP contribution in [0.4, 0.5) is 5.82 Å². The van der Waals surface area contributed by atoms with E-state index < -0.39 is 5.91 Å². The molecule has 1 fully saturated rings. The van der Waals surface area contributed by atoms with Crippen molar-refractivity contribution >= 4 is 23.6 Å². The Morgan fingerprint density at radius 1 is 1.14 bits per heavy atom. The van der Waals surface area contributed by atoms with Crippen LogP contribution in [-0.4, -0.2) is 39.7 Å². The molecule has 0 radical (unpaired) electrons. The number of amides is 1. The summed E-state index contributed by atoms with van der Waals surface area (Å²) in [5, 5.41) is 13.7. The molecule has 4 rings (SSSR count). The molecule has 0 bridgehead atoms. The summed E-state index contributed by atoms with van der Waals surface area (Å²) in [5.41, 5.74) is 3.07. The van der Waals surface area contributed by atoms with E-state index in [9.17, 15) is 14.7 Å². The number of hydrogen-bond acceptors (Lipinski definition) is 6. The third-order valence-corrected chi connectivity index (χ3v) is 4.66. The van der Waals surface area contributed by atoms with E-state index in [-0.39, 0.29) is 16.9 Å². The van der Waals surface area contributed by atoms with E-state index in [1.165, 1.54) is 22.7 Å². The van der Waals surface area contributed by atoms with Crippen LogP contribution in [0.3, 0.4) is 0 Å². The minimum atomic E-state index is -0.564. The number of aromatic hydroxyl groups is 1. The van der Waals surface area contributed by atoms with Crippen molar-refractivity contribution in [3.63, 3.8) is 0 Å². The molecule has 0 unspecified atom stereocenters. The van der Waals surface area contributed by atoms with Crippen LogP contribution < -0.4 is 15.9 Å². The van der Waals surface area contributed by atoms with Gasteiger partial charge in [0.15, 0.2) is 0 Å². The van der Waals surface area contributed by atoms with Gasteiger partial charge in [0, 0.05) is 19.3 Å². The number of phenols is 1. The summed E-state index contributed by atoms with van der Waals surface area (Å²) in [6, 6.07) is 11.5. The fourth-order valence-corrected chi connectivity index (χ4v) is 3.26. The van der Waals surface area contributed by atoms with Crippen molar-refractivity contribution in [2.75, 3.05) is 18.0 Å². The predicted molar refractivity (Wildman–Crippen MR) is 106 cm³/mol. The maximum Gasteiger partial charge on any atom is 0.275 e. The number of aromatic nitrogens is 2. The lowest BCUT2D eigenvalue weighted by atomic mass is 10.2. The van der Waals surface area contributed by atoms with Crippen molar-refractivity contribution in [3.8, 4) is 5.75 Å². The summed E-state index contributed by atoms with van der Waals surface area (Å²) in [5.74, 6) is -0.138. The van der Waals surface area contributed by atoms with E-state index in [1.807, 2.05) is 6.07 Å². The lowest BCUT2D eigenvalue weighted by Crippen LogP contribution is -2.28. The van der Waals surface area contributed by atoms with E-state index in [2.05, 4.69) is 20.4 Å². The number of nitrogens with one attached hydrogen (secondary N) is 1. The van der Waals surface area contributed by atoms with Gasteiger partial charge in [0.25, 0.3) is 11.5 Å². The summed E-state index contributed by atoms with van der Waals surface area (Å²) in [7, 11) is 0. The zero-order valence-electron chi connectivity index (χ0n) is 15.1. The minimum Gasteiger partial charge on any atom is -0.507 e. The van der Waals surface area contributed by atoms with Gasteiger partial charge in [-0.15, -0.1) is 0 Å². The average molecular weight is 377 g/mol. The second kappa shape index (κ2) is 7.51. The first kappa shape index (κ1) is 17.7. The molecule has 3 aromatic rings. The van der Waals surface area contributed by atoms with E-state index in [0.29, 0.717) is 17.0 Å². The monoisotopic (exact) mass is 377 g/mol. The van der Waals surface area contributed by atoms with Crippen LogP contribution in [-0.2, 0) is 0 Å². The first-order valence-corrected chi connectivity index (χ1v) is 9.03. The number of carbonyl (C=O) groups is 1. The van der Waals surface area contributed by atoms with Gasteiger partial charge in [-0.25, -0.2) is 10.4 Å². The number of carbonyl (C=O) groups excluding carboxylic acids is 1. The molecule has 1 aliphatic heterocycles. The summed E-state index contributed by atoms with van der Waals surface area (Å²) in [4.78, 5) is 31.8. The van der Waals surface area contributed by atoms with Gasteiger partial charge >= 0.3 is 0 Å². The molecule has 8 nitrogen and oxygen atoms in total. The fourth-order valence-electron chi connectivity index (χ4n) is 3.26. The molecule has 28 heavy (non-hydrogen) atoms. The van der Waals surface area contributed by atoms with Crippen LogP contribution >= 0.6 is 0 Å². The Morgan fingerprint density at radius 3 is 2.68 bits per heavy atom. The molecule has 0 spiro atoms. The number of para-hydroxylation sites is 1. The molecule has 142 valence electrons. The highest BCUT2D eigenvalue weighted by Gasteiger charge is 2.20. The van der Waals surface area contributed by atoms with Gasteiger partial charge in [-0.05, 0) is 37.1 Å². The molecule has 1 saturated heterocycles. The maximum atomic E-state index is 13.0. The topological polar surface area (TPSA) is 99.3 Å². The summed E-state index contributed by atoms with van der Waals surface area (Å²) >= 11 is 0. The van der Waals surface area contributed by atoms with Crippen LogP contribution in [0.5, 0.6) is 5.75 Å². The van der Waals surface area contributed by atoms with Crippen LogP contribution in [0.15, 0.2) is 58.6 Å². The number of fused-ring (bicyclic) bond motifs is 1. The van der Waals surface area contributed by atoms with E-state index in [1.54, 1.807) is 30.5 Å². The molecule has 1 amide bonds. The molecular formula is C20H19N5O3. The number of anilines is 1.